The van der Waals surface area contributed by atoms with Gasteiger partial charge in [-0.1, -0.05) is 6.07 Å². The van der Waals surface area contributed by atoms with Crippen LogP contribution in [0.3, 0.4) is 0 Å². The minimum atomic E-state index is -0.0583. The molecule has 128 valence electrons. The Morgan fingerprint density at radius 2 is 2.08 bits per heavy atom. The number of benzene rings is 1. The largest absolute Gasteiger partial charge is 0.497 e. The normalized spacial score (nSPS) is 15.4. The highest BCUT2D eigenvalue weighted by atomic mass is 16.5. The maximum atomic E-state index is 13.1. The summed E-state index contributed by atoms with van der Waals surface area (Å²) in [6.45, 7) is 2.02. The molecule has 1 aliphatic rings. The van der Waals surface area contributed by atoms with Crippen LogP contribution in [0.15, 0.2) is 48.8 Å². The van der Waals surface area contributed by atoms with Crippen LogP contribution in [-0.2, 0) is 0 Å². The van der Waals surface area contributed by atoms with Gasteiger partial charge >= 0.3 is 0 Å². The molecule has 1 N–H and O–H groups in total. The van der Waals surface area contributed by atoms with Crippen molar-refractivity contribution in [1.82, 2.24) is 14.9 Å². The summed E-state index contributed by atoms with van der Waals surface area (Å²) in [5, 5.41) is 3.39. The second-order valence-corrected chi connectivity index (χ2v) is 6.39. The molecule has 0 bridgehead atoms. The van der Waals surface area contributed by atoms with Gasteiger partial charge in [0.05, 0.1) is 18.1 Å². The Hall–Kier alpha value is -2.66. The van der Waals surface area contributed by atoms with Crippen LogP contribution in [0, 0.1) is 0 Å². The maximum Gasteiger partial charge on any atom is 0.262 e. The number of hydrogen-bond donors (Lipinski definition) is 1. The van der Waals surface area contributed by atoms with Gasteiger partial charge in [-0.3, -0.25) is 14.3 Å². The smallest absolute Gasteiger partial charge is 0.262 e. The Morgan fingerprint density at radius 3 is 2.88 bits per heavy atom. The molecular formula is C20H21N3O2. The molecule has 0 unspecified atom stereocenters. The number of carbonyl (C=O) groups excluding carboxylic acids is 1. The first-order valence-corrected chi connectivity index (χ1v) is 8.63. The van der Waals surface area contributed by atoms with Crippen molar-refractivity contribution in [2.75, 3.05) is 20.2 Å². The molecule has 1 aliphatic heterocycles. The Kier molecular flexibility index (Phi) is 4.24. The van der Waals surface area contributed by atoms with Crippen LogP contribution < -0.4 is 10.1 Å². The monoisotopic (exact) mass is 335 g/mol. The van der Waals surface area contributed by atoms with Gasteiger partial charge < -0.3 is 10.1 Å². The van der Waals surface area contributed by atoms with Gasteiger partial charge in [-0.15, -0.1) is 0 Å². The molecule has 3 heterocycles. The number of nitrogens with one attached hydrogen (secondary N) is 1. The van der Waals surface area contributed by atoms with Gasteiger partial charge in [0.1, 0.15) is 5.75 Å². The van der Waals surface area contributed by atoms with E-state index in [1.54, 1.807) is 23.9 Å². The van der Waals surface area contributed by atoms with E-state index in [1.165, 1.54) is 5.56 Å². The summed E-state index contributed by atoms with van der Waals surface area (Å²) in [4.78, 5) is 17.7. The van der Waals surface area contributed by atoms with Crippen LogP contribution in [0.5, 0.6) is 5.75 Å². The molecule has 1 fully saturated rings. The third-order valence-electron chi connectivity index (χ3n) is 4.90. The zero-order valence-corrected chi connectivity index (χ0v) is 14.2. The number of nitrogens with zero attached hydrogens (tertiary/aromatic N) is 2. The topological polar surface area (TPSA) is 56.1 Å². The molecular weight excluding hydrogens is 314 g/mol. The van der Waals surface area contributed by atoms with E-state index in [0.717, 1.165) is 37.0 Å². The van der Waals surface area contributed by atoms with E-state index in [2.05, 4.69) is 10.3 Å². The van der Waals surface area contributed by atoms with E-state index in [1.807, 2.05) is 36.5 Å². The Labute approximate surface area is 146 Å². The van der Waals surface area contributed by atoms with Crippen LogP contribution in [0.1, 0.15) is 34.7 Å². The van der Waals surface area contributed by atoms with Crippen molar-refractivity contribution < 1.29 is 9.53 Å². The van der Waals surface area contributed by atoms with Gasteiger partial charge in [-0.2, -0.15) is 0 Å². The summed E-state index contributed by atoms with van der Waals surface area (Å²) in [6.07, 6.45) is 5.93. The van der Waals surface area contributed by atoms with Crippen LogP contribution in [0.4, 0.5) is 0 Å². The number of methoxy groups -OCH3 is 1. The van der Waals surface area contributed by atoms with E-state index >= 15 is 0 Å². The second kappa shape index (κ2) is 6.69. The highest BCUT2D eigenvalue weighted by Crippen LogP contribution is 2.32. The van der Waals surface area contributed by atoms with Crippen molar-refractivity contribution in [3.63, 3.8) is 0 Å². The van der Waals surface area contributed by atoms with Crippen molar-refractivity contribution in [2.45, 2.75) is 18.8 Å². The average Bonchev–Trinajstić information content (AvgIpc) is 3.08. The lowest BCUT2D eigenvalue weighted by molar-refractivity contribution is 0.0964. The molecule has 3 aromatic rings. The number of carbonyl (C=O) groups is 1. The molecule has 0 spiro atoms. The van der Waals surface area contributed by atoms with Crippen molar-refractivity contribution >= 4 is 16.9 Å². The molecule has 1 aromatic carbocycles. The lowest BCUT2D eigenvalue weighted by atomic mass is 9.91. The third-order valence-corrected chi connectivity index (χ3v) is 4.90. The first-order chi connectivity index (χ1) is 12.3. The second-order valence-electron chi connectivity index (χ2n) is 6.39. The van der Waals surface area contributed by atoms with Crippen molar-refractivity contribution in [3.8, 4) is 5.75 Å². The average molecular weight is 335 g/mol. The summed E-state index contributed by atoms with van der Waals surface area (Å²) >= 11 is 0. The van der Waals surface area contributed by atoms with E-state index in [-0.39, 0.29) is 5.91 Å². The standard InChI is InChI=1S/C20H21N3O2/c1-25-16-5-2-4-15(12-16)20(24)23-13-17(14-7-10-21-11-8-14)19-18(23)6-3-9-22-19/h2-6,9,12-14,21H,7-8,10-11H2,1H3. The van der Waals surface area contributed by atoms with Gasteiger partial charge in [-0.25, -0.2) is 0 Å². The predicted molar refractivity (Wildman–Crippen MR) is 97.3 cm³/mol. The number of piperidine rings is 1. The SMILES string of the molecule is COc1cccc(C(=O)n2cc(C3CCNCC3)c3ncccc32)c1. The molecule has 4 rings (SSSR count). The van der Waals surface area contributed by atoms with Crippen LogP contribution in [-0.4, -0.2) is 35.7 Å². The quantitative estimate of drug-likeness (QED) is 0.798. The summed E-state index contributed by atoms with van der Waals surface area (Å²) in [5.41, 5.74) is 3.58. The van der Waals surface area contributed by atoms with E-state index < -0.39 is 0 Å². The molecule has 0 amide bonds. The highest BCUT2D eigenvalue weighted by Gasteiger charge is 2.23. The Balaban J connectivity index is 1.80. The van der Waals surface area contributed by atoms with E-state index in [9.17, 15) is 4.79 Å². The first-order valence-electron chi connectivity index (χ1n) is 8.63. The highest BCUT2D eigenvalue weighted by molar-refractivity contribution is 6.02. The van der Waals surface area contributed by atoms with Gasteiger partial charge in [0.25, 0.3) is 5.91 Å². The Bertz CT molecular complexity index is 910. The predicted octanol–water partition coefficient (Wildman–Crippen LogP) is 3.20. The molecule has 0 aliphatic carbocycles. The number of hydrogen-bond acceptors (Lipinski definition) is 4. The molecule has 5 nitrogen and oxygen atoms in total. The van der Waals surface area contributed by atoms with Crippen molar-refractivity contribution in [2.24, 2.45) is 0 Å². The van der Waals surface area contributed by atoms with Gasteiger partial charge in [0.15, 0.2) is 0 Å². The van der Waals surface area contributed by atoms with Crippen LogP contribution in [0.2, 0.25) is 0 Å². The van der Waals surface area contributed by atoms with Gasteiger partial charge in [0.2, 0.25) is 0 Å². The maximum absolute atomic E-state index is 13.1. The molecule has 0 saturated carbocycles. The molecule has 0 radical (unpaired) electrons. The lowest BCUT2D eigenvalue weighted by Crippen LogP contribution is -2.26. The fourth-order valence-electron chi connectivity index (χ4n) is 3.58. The molecule has 5 heteroatoms. The zero-order valence-electron chi connectivity index (χ0n) is 14.2. The fraction of sp³-hybridized carbons (Fsp3) is 0.300. The minimum Gasteiger partial charge on any atom is -0.497 e. The molecule has 2 aromatic heterocycles. The molecule has 25 heavy (non-hydrogen) atoms. The van der Waals surface area contributed by atoms with Crippen LogP contribution >= 0.6 is 0 Å². The molecule has 0 atom stereocenters. The number of pyridine rings is 1. The summed E-state index contributed by atoms with van der Waals surface area (Å²) in [5.74, 6) is 1.06. The first kappa shape index (κ1) is 15.8. The van der Waals surface area contributed by atoms with Crippen LogP contribution in [0.25, 0.3) is 11.0 Å². The van der Waals surface area contributed by atoms with Gasteiger partial charge in [0, 0.05) is 18.0 Å². The van der Waals surface area contributed by atoms with E-state index in [0.29, 0.717) is 17.2 Å². The van der Waals surface area contributed by atoms with Crippen molar-refractivity contribution in [1.29, 1.82) is 0 Å². The fourth-order valence-corrected chi connectivity index (χ4v) is 3.58. The summed E-state index contributed by atoms with van der Waals surface area (Å²) in [6, 6.07) is 11.1. The minimum absolute atomic E-state index is 0.0583. The third kappa shape index (κ3) is 2.91. The molecule has 1 saturated heterocycles. The Morgan fingerprint density at radius 1 is 1.24 bits per heavy atom. The number of ether oxygens (including phenoxy) is 1. The van der Waals surface area contributed by atoms with E-state index in [4.69, 9.17) is 4.74 Å². The number of fused-ring (bicyclic) bond motifs is 1. The zero-order chi connectivity index (χ0) is 17.2. The lowest BCUT2D eigenvalue weighted by Gasteiger charge is -2.21. The number of aromatic nitrogens is 2. The number of rotatable bonds is 3. The summed E-state index contributed by atoms with van der Waals surface area (Å²) < 4.78 is 6.98. The van der Waals surface area contributed by atoms with Crippen molar-refractivity contribution in [3.05, 3.63) is 59.9 Å². The van der Waals surface area contributed by atoms with Gasteiger partial charge in [-0.05, 0) is 67.7 Å². The summed E-state index contributed by atoms with van der Waals surface area (Å²) in [7, 11) is 1.60.